The van der Waals surface area contributed by atoms with Gasteiger partial charge in [0.1, 0.15) is 5.75 Å². The zero-order valence-electron chi connectivity index (χ0n) is 10.2. The number of carboxylic acids is 1. The maximum atomic E-state index is 12.1. The summed E-state index contributed by atoms with van der Waals surface area (Å²) in [5.41, 5.74) is -4.96. The molecule has 1 unspecified atom stereocenters. The predicted molar refractivity (Wildman–Crippen MR) is 62.5 cm³/mol. The highest BCUT2D eigenvalue weighted by Gasteiger charge is 2.48. The molecule has 0 aliphatic heterocycles. The van der Waals surface area contributed by atoms with Crippen LogP contribution >= 0.6 is 0 Å². The molecule has 0 bridgehead atoms. The molecule has 0 saturated heterocycles. The minimum Gasteiger partial charge on any atom is -0.481 e. The van der Waals surface area contributed by atoms with Crippen molar-refractivity contribution in [2.45, 2.75) is 18.9 Å². The molecule has 0 fully saturated rings. The first-order chi connectivity index (χ1) is 9.03. The Morgan fingerprint density at radius 2 is 1.80 bits per heavy atom. The average molecular weight is 312 g/mol. The van der Waals surface area contributed by atoms with E-state index in [1.165, 1.54) is 19.1 Å². The van der Waals surface area contributed by atoms with E-state index in [0.29, 0.717) is 5.56 Å². The van der Waals surface area contributed by atoms with Crippen molar-refractivity contribution in [1.82, 2.24) is 0 Å². The van der Waals surface area contributed by atoms with Crippen molar-refractivity contribution in [3.8, 4) is 5.75 Å². The van der Waals surface area contributed by atoms with Crippen LogP contribution in [0, 0.1) is 5.92 Å². The Labute approximate surface area is 113 Å². The smallest absolute Gasteiger partial charge is 0.481 e. The summed E-state index contributed by atoms with van der Waals surface area (Å²) in [5.74, 6) is -2.17. The van der Waals surface area contributed by atoms with Crippen LogP contribution in [0.2, 0.25) is 0 Å². The molecule has 0 aliphatic rings. The molecule has 0 radical (unpaired) electrons. The highest BCUT2D eigenvalue weighted by molar-refractivity contribution is 7.87. The number of hydrogen-bond acceptors (Lipinski definition) is 4. The van der Waals surface area contributed by atoms with Crippen LogP contribution in [0.3, 0.4) is 0 Å². The number of rotatable bonds is 5. The zero-order valence-corrected chi connectivity index (χ0v) is 11.0. The Morgan fingerprint density at radius 3 is 2.20 bits per heavy atom. The van der Waals surface area contributed by atoms with Gasteiger partial charge < -0.3 is 9.29 Å². The van der Waals surface area contributed by atoms with Gasteiger partial charge in [-0.15, -0.1) is 0 Å². The fraction of sp³-hybridized carbons (Fsp3) is 0.364. The molecule has 0 aromatic heterocycles. The summed E-state index contributed by atoms with van der Waals surface area (Å²) < 4.78 is 61.6. The van der Waals surface area contributed by atoms with E-state index in [-0.39, 0.29) is 6.42 Å². The lowest BCUT2D eigenvalue weighted by molar-refractivity contribution is -0.141. The summed E-state index contributed by atoms with van der Waals surface area (Å²) in [7, 11) is -5.69. The molecule has 1 aromatic carbocycles. The topological polar surface area (TPSA) is 80.7 Å². The summed E-state index contributed by atoms with van der Waals surface area (Å²) >= 11 is 0. The van der Waals surface area contributed by atoms with E-state index in [2.05, 4.69) is 4.18 Å². The number of aliphatic carboxylic acids is 1. The lowest BCUT2D eigenvalue weighted by atomic mass is 10.0. The monoisotopic (exact) mass is 312 g/mol. The normalized spacial score (nSPS) is 13.8. The first-order valence-corrected chi connectivity index (χ1v) is 6.76. The predicted octanol–water partition coefficient (Wildman–Crippen LogP) is 2.18. The lowest BCUT2D eigenvalue weighted by Gasteiger charge is -2.10. The lowest BCUT2D eigenvalue weighted by Crippen LogP contribution is -2.28. The fourth-order valence-electron chi connectivity index (χ4n) is 1.30. The van der Waals surface area contributed by atoms with Crippen molar-refractivity contribution in [3.05, 3.63) is 29.8 Å². The van der Waals surface area contributed by atoms with Gasteiger partial charge in [0, 0.05) is 0 Å². The molecule has 0 spiro atoms. The summed E-state index contributed by atoms with van der Waals surface area (Å²) in [6.45, 7) is 1.47. The molecule has 0 heterocycles. The van der Waals surface area contributed by atoms with Gasteiger partial charge in [-0.05, 0) is 24.1 Å². The number of alkyl halides is 3. The molecule has 112 valence electrons. The summed E-state index contributed by atoms with van der Waals surface area (Å²) in [6.07, 6.45) is 0.168. The number of benzene rings is 1. The first-order valence-electron chi connectivity index (χ1n) is 5.35. The van der Waals surface area contributed by atoms with Gasteiger partial charge in [-0.25, -0.2) is 0 Å². The summed E-state index contributed by atoms with van der Waals surface area (Å²) in [5, 5.41) is 8.71. The van der Waals surface area contributed by atoms with Gasteiger partial charge in [0.05, 0.1) is 5.92 Å². The van der Waals surface area contributed by atoms with Gasteiger partial charge >= 0.3 is 21.6 Å². The standard InChI is InChI=1S/C11H11F3O5S/c1-7(10(15)16)6-8-2-4-9(5-3-8)19-20(17,18)11(12,13)14/h2-5,7H,6H2,1H3,(H,15,16). The summed E-state index contributed by atoms with van der Waals surface area (Å²) in [6, 6.07) is 4.68. The molecule has 9 heteroatoms. The van der Waals surface area contributed by atoms with E-state index in [9.17, 15) is 26.4 Å². The minimum absolute atomic E-state index is 0.168. The van der Waals surface area contributed by atoms with Crippen LogP contribution in [0.25, 0.3) is 0 Å². The second-order valence-electron chi connectivity index (χ2n) is 4.07. The highest BCUT2D eigenvalue weighted by Crippen LogP contribution is 2.27. The third-order valence-corrected chi connectivity index (χ3v) is 3.36. The third-order valence-electron chi connectivity index (χ3n) is 2.38. The van der Waals surface area contributed by atoms with Crippen molar-refractivity contribution >= 4 is 16.1 Å². The SMILES string of the molecule is CC(Cc1ccc(OS(=O)(=O)C(F)(F)F)cc1)C(=O)O. The largest absolute Gasteiger partial charge is 0.534 e. The van der Waals surface area contributed by atoms with Gasteiger partial charge in [-0.1, -0.05) is 19.1 Å². The van der Waals surface area contributed by atoms with Gasteiger partial charge in [0.15, 0.2) is 0 Å². The molecule has 1 atom stereocenters. The van der Waals surface area contributed by atoms with E-state index < -0.39 is 33.3 Å². The first kappa shape index (κ1) is 16.3. The number of carbonyl (C=O) groups is 1. The van der Waals surface area contributed by atoms with Crippen molar-refractivity contribution in [1.29, 1.82) is 0 Å². The van der Waals surface area contributed by atoms with Crippen molar-refractivity contribution in [3.63, 3.8) is 0 Å². The van der Waals surface area contributed by atoms with Crippen LogP contribution in [0.4, 0.5) is 13.2 Å². The van der Waals surface area contributed by atoms with Crippen molar-refractivity contribution in [2.75, 3.05) is 0 Å². The van der Waals surface area contributed by atoms with Crippen LogP contribution in [-0.4, -0.2) is 25.0 Å². The van der Waals surface area contributed by atoms with Crippen LogP contribution in [0.15, 0.2) is 24.3 Å². The number of hydrogen-bond donors (Lipinski definition) is 1. The van der Waals surface area contributed by atoms with E-state index in [1.54, 1.807) is 0 Å². The number of halogens is 3. The van der Waals surface area contributed by atoms with Gasteiger partial charge in [-0.2, -0.15) is 21.6 Å². The maximum absolute atomic E-state index is 12.1. The summed E-state index contributed by atoms with van der Waals surface area (Å²) in [4.78, 5) is 10.6. The molecule has 5 nitrogen and oxygen atoms in total. The molecule has 20 heavy (non-hydrogen) atoms. The van der Waals surface area contributed by atoms with Gasteiger partial charge in [-0.3, -0.25) is 4.79 Å². The Bertz CT molecular complexity index is 577. The molecule has 1 rings (SSSR count). The van der Waals surface area contributed by atoms with E-state index >= 15 is 0 Å². The highest BCUT2D eigenvalue weighted by atomic mass is 32.2. The fourth-order valence-corrected chi connectivity index (χ4v) is 1.75. The average Bonchev–Trinajstić information content (AvgIpc) is 2.29. The third kappa shape index (κ3) is 4.12. The Hall–Kier alpha value is -1.77. The van der Waals surface area contributed by atoms with Crippen LogP contribution in [-0.2, 0) is 21.3 Å². The molecular formula is C11H11F3O5S. The molecule has 1 aromatic rings. The molecule has 0 amide bonds. The van der Waals surface area contributed by atoms with Gasteiger partial charge in [0.2, 0.25) is 0 Å². The molecular weight excluding hydrogens is 301 g/mol. The van der Waals surface area contributed by atoms with Crippen LogP contribution in [0.1, 0.15) is 12.5 Å². The Morgan fingerprint density at radius 1 is 1.30 bits per heavy atom. The second-order valence-corrected chi connectivity index (χ2v) is 5.61. The molecule has 1 N–H and O–H groups in total. The zero-order chi connectivity index (χ0) is 15.6. The van der Waals surface area contributed by atoms with E-state index in [0.717, 1.165) is 12.1 Å². The minimum atomic E-state index is -5.69. The maximum Gasteiger partial charge on any atom is 0.534 e. The Balaban J connectivity index is 2.80. The van der Waals surface area contributed by atoms with Crippen LogP contribution < -0.4 is 4.18 Å². The molecule has 0 saturated carbocycles. The second kappa shape index (κ2) is 5.70. The van der Waals surface area contributed by atoms with Crippen molar-refractivity contribution in [2.24, 2.45) is 5.92 Å². The van der Waals surface area contributed by atoms with E-state index in [1.807, 2.05) is 0 Å². The van der Waals surface area contributed by atoms with Gasteiger partial charge in [0.25, 0.3) is 0 Å². The molecule has 0 aliphatic carbocycles. The number of carboxylic acid groups (broad SMARTS) is 1. The quantitative estimate of drug-likeness (QED) is 0.666. The van der Waals surface area contributed by atoms with E-state index in [4.69, 9.17) is 5.11 Å². The van der Waals surface area contributed by atoms with Crippen LogP contribution in [0.5, 0.6) is 5.75 Å². The Kier molecular flexibility index (Phi) is 4.64. The van der Waals surface area contributed by atoms with Crippen molar-refractivity contribution < 1.29 is 35.7 Å².